The first-order valence-electron chi connectivity index (χ1n) is 12.2. The van der Waals surface area contributed by atoms with Gasteiger partial charge in [-0.25, -0.2) is 8.42 Å². The molecule has 190 valence electrons. The fourth-order valence-corrected chi connectivity index (χ4v) is 5.52. The van der Waals surface area contributed by atoms with Gasteiger partial charge in [0, 0.05) is 22.6 Å². The van der Waals surface area contributed by atoms with Crippen LogP contribution in [0.5, 0.6) is 0 Å². The minimum atomic E-state index is -3.67. The van der Waals surface area contributed by atoms with E-state index in [4.69, 9.17) is 0 Å². The molecule has 0 saturated heterocycles. The topological polar surface area (TPSA) is 80.3 Å². The van der Waals surface area contributed by atoms with Gasteiger partial charge < -0.3 is 5.32 Å². The minimum absolute atomic E-state index is 0.218. The zero-order valence-corrected chi connectivity index (χ0v) is 22.5. The van der Waals surface area contributed by atoms with Crippen LogP contribution in [0.4, 0.5) is 0 Å². The number of sulfone groups is 1. The van der Waals surface area contributed by atoms with Crippen LogP contribution in [0.2, 0.25) is 0 Å². The maximum atomic E-state index is 13.5. The van der Waals surface area contributed by atoms with E-state index >= 15 is 0 Å². The first-order valence-corrected chi connectivity index (χ1v) is 13.8. The molecule has 0 aromatic heterocycles. The zero-order chi connectivity index (χ0) is 26.5. The van der Waals surface area contributed by atoms with E-state index in [1.807, 2.05) is 58.9 Å². The van der Waals surface area contributed by atoms with Crippen LogP contribution in [-0.4, -0.2) is 31.4 Å². The lowest BCUT2D eigenvalue weighted by atomic mass is 9.92. The van der Waals surface area contributed by atoms with Gasteiger partial charge in [0.05, 0.1) is 10.6 Å². The minimum Gasteiger partial charge on any atom is -0.347 e. The molecule has 0 bridgehead atoms. The van der Waals surface area contributed by atoms with Gasteiger partial charge in [-0.3, -0.25) is 9.59 Å². The molecule has 3 aromatic rings. The normalized spacial score (nSPS) is 12.7. The van der Waals surface area contributed by atoms with Crippen LogP contribution in [0.25, 0.3) is 0 Å². The van der Waals surface area contributed by atoms with Crippen molar-refractivity contribution in [3.63, 3.8) is 0 Å². The van der Waals surface area contributed by atoms with Gasteiger partial charge in [0.15, 0.2) is 15.6 Å². The van der Waals surface area contributed by atoms with Crippen LogP contribution in [-0.2, 0) is 16.3 Å². The number of amides is 1. The molecular formula is C30H35NO4S. The number of benzene rings is 3. The van der Waals surface area contributed by atoms with Gasteiger partial charge in [-0.1, -0.05) is 59.7 Å². The van der Waals surface area contributed by atoms with E-state index < -0.39 is 15.8 Å². The van der Waals surface area contributed by atoms with Gasteiger partial charge >= 0.3 is 0 Å². The Balaban J connectivity index is 1.84. The molecule has 0 spiro atoms. The van der Waals surface area contributed by atoms with Crippen LogP contribution < -0.4 is 5.32 Å². The van der Waals surface area contributed by atoms with E-state index in [2.05, 4.69) is 5.32 Å². The van der Waals surface area contributed by atoms with E-state index in [0.29, 0.717) is 24.0 Å². The van der Waals surface area contributed by atoms with Crippen molar-refractivity contribution >= 4 is 21.5 Å². The highest BCUT2D eigenvalue weighted by atomic mass is 32.2. The molecule has 3 rings (SSSR count). The monoisotopic (exact) mass is 505 g/mol. The average Bonchev–Trinajstić information content (AvgIpc) is 2.81. The zero-order valence-electron chi connectivity index (χ0n) is 21.7. The van der Waals surface area contributed by atoms with Gasteiger partial charge in [0.1, 0.15) is 0 Å². The molecule has 1 atom stereocenters. The van der Waals surface area contributed by atoms with Crippen LogP contribution in [0.1, 0.15) is 64.6 Å². The summed E-state index contributed by atoms with van der Waals surface area (Å²) in [6.45, 7) is 9.60. The smallest absolute Gasteiger partial charge is 0.251 e. The lowest BCUT2D eigenvalue weighted by Crippen LogP contribution is -2.40. The first kappa shape index (κ1) is 27.3. The summed E-state index contributed by atoms with van der Waals surface area (Å²) in [5.74, 6) is -1.45. The average molecular weight is 506 g/mol. The van der Waals surface area contributed by atoms with E-state index in [1.165, 1.54) is 0 Å². The Bertz CT molecular complexity index is 1300. The second-order valence-electron chi connectivity index (χ2n) is 10.5. The van der Waals surface area contributed by atoms with Gasteiger partial charge in [0.2, 0.25) is 0 Å². The molecule has 1 N–H and O–H groups in total. The largest absolute Gasteiger partial charge is 0.347 e. The molecule has 0 aliphatic rings. The SMILES string of the molecule is Cc1ccc(CCC(CS(=O)(=O)c2ccc(C)cc2)C(=O)c2ccc(C(=O)NC(C)(C)C)cc2)cc1. The predicted octanol–water partition coefficient (Wildman–Crippen LogP) is 5.74. The summed E-state index contributed by atoms with van der Waals surface area (Å²) >= 11 is 0. The van der Waals surface area contributed by atoms with Crippen LogP contribution in [0.3, 0.4) is 0 Å². The summed E-state index contributed by atoms with van der Waals surface area (Å²) in [4.78, 5) is 26.2. The molecule has 3 aromatic carbocycles. The molecule has 0 aliphatic carbocycles. The summed E-state index contributed by atoms with van der Waals surface area (Å²) in [5, 5.41) is 2.90. The second kappa shape index (κ2) is 11.2. The Labute approximate surface area is 214 Å². The summed E-state index contributed by atoms with van der Waals surface area (Å²) < 4.78 is 26.4. The van der Waals surface area contributed by atoms with E-state index in [-0.39, 0.29) is 27.9 Å². The maximum Gasteiger partial charge on any atom is 0.251 e. The molecule has 0 fully saturated rings. The van der Waals surface area contributed by atoms with Gasteiger partial charge in [-0.15, -0.1) is 0 Å². The standard InChI is InChI=1S/C30H35NO4S/c1-21-6-10-23(11-7-21)12-13-26(20-36(34,35)27-18-8-22(2)9-19-27)28(32)24-14-16-25(17-15-24)29(33)31-30(3,4)5/h6-11,14-19,26H,12-13,20H2,1-5H3,(H,31,33). The van der Waals surface area contributed by atoms with Crippen molar-refractivity contribution in [2.24, 2.45) is 5.92 Å². The van der Waals surface area contributed by atoms with Gasteiger partial charge in [-0.05, 0) is 77.3 Å². The second-order valence-corrected chi connectivity index (χ2v) is 12.5. The summed E-state index contributed by atoms with van der Waals surface area (Å²) in [6, 6.07) is 21.2. The number of hydrogen-bond acceptors (Lipinski definition) is 4. The van der Waals surface area contributed by atoms with Crippen molar-refractivity contribution < 1.29 is 18.0 Å². The number of Topliss-reactive ketones (excluding diaryl/α,β-unsaturated/α-hetero) is 1. The highest BCUT2D eigenvalue weighted by Gasteiger charge is 2.28. The van der Waals surface area contributed by atoms with Crippen molar-refractivity contribution in [3.05, 3.63) is 101 Å². The quantitative estimate of drug-likeness (QED) is 0.376. The van der Waals surface area contributed by atoms with Gasteiger partial charge in [-0.2, -0.15) is 0 Å². The third kappa shape index (κ3) is 7.62. The number of carbonyl (C=O) groups is 2. The molecule has 1 unspecified atom stereocenters. The molecule has 5 nitrogen and oxygen atoms in total. The number of rotatable bonds is 9. The molecule has 36 heavy (non-hydrogen) atoms. The van der Waals surface area contributed by atoms with Crippen molar-refractivity contribution in [1.82, 2.24) is 5.32 Å². The van der Waals surface area contributed by atoms with E-state index in [9.17, 15) is 18.0 Å². The molecule has 0 aliphatic heterocycles. The Hall–Kier alpha value is -3.25. The highest BCUT2D eigenvalue weighted by molar-refractivity contribution is 7.91. The molecule has 1 amide bonds. The molecule has 0 radical (unpaired) electrons. The van der Waals surface area contributed by atoms with Crippen molar-refractivity contribution in [3.8, 4) is 0 Å². The molecule has 0 heterocycles. The number of nitrogens with one attached hydrogen (secondary N) is 1. The van der Waals surface area contributed by atoms with Crippen molar-refractivity contribution in [2.45, 2.75) is 57.9 Å². The molecular weight excluding hydrogens is 470 g/mol. The third-order valence-corrected chi connectivity index (χ3v) is 7.83. The molecule has 0 saturated carbocycles. The van der Waals surface area contributed by atoms with E-state index in [0.717, 1.165) is 16.7 Å². The fourth-order valence-electron chi connectivity index (χ4n) is 3.93. The number of carbonyl (C=O) groups excluding carboxylic acids is 2. The van der Waals surface area contributed by atoms with Crippen LogP contribution in [0, 0.1) is 19.8 Å². The lowest BCUT2D eigenvalue weighted by molar-refractivity contribution is 0.0910. The van der Waals surface area contributed by atoms with Gasteiger partial charge in [0.25, 0.3) is 5.91 Å². The Morgan fingerprint density at radius 1 is 0.778 bits per heavy atom. The number of aryl methyl sites for hydroxylation is 3. The maximum absolute atomic E-state index is 13.5. The Morgan fingerprint density at radius 2 is 1.28 bits per heavy atom. The third-order valence-electron chi connectivity index (χ3n) is 5.99. The fraction of sp³-hybridized carbons (Fsp3) is 0.333. The van der Waals surface area contributed by atoms with Crippen molar-refractivity contribution in [2.75, 3.05) is 5.75 Å². The summed E-state index contributed by atoms with van der Waals surface area (Å²) in [5.41, 5.74) is 3.64. The summed E-state index contributed by atoms with van der Waals surface area (Å²) in [6.07, 6.45) is 0.991. The molecule has 6 heteroatoms. The Kier molecular flexibility index (Phi) is 8.51. The van der Waals surface area contributed by atoms with E-state index in [1.54, 1.807) is 48.5 Å². The van der Waals surface area contributed by atoms with Crippen LogP contribution >= 0.6 is 0 Å². The highest BCUT2D eigenvalue weighted by Crippen LogP contribution is 2.23. The summed E-state index contributed by atoms with van der Waals surface area (Å²) in [7, 11) is -3.67. The van der Waals surface area contributed by atoms with Crippen LogP contribution in [0.15, 0.2) is 77.7 Å². The first-order chi connectivity index (χ1) is 16.8. The predicted molar refractivity (Wildman–Crippen MR) is 144 cm³/mol. The Morgan fingerprint density at radius 3 is 1.81 bits per heavy atom. The van der Waals surface area contributed by atoms with Crippen molar-refractivity contribution in [1.29, 1.82) is 0 Å². The lowest BCUT2D eigenvalue weighted by Gasteiger charge is -2.20. The number of hydrogen-bond donors (Lipinski definition) is 1. The number of ketones is 1.